The summed E-state index contributed by atoms with van der Waals surface area (Å²) in [5, 5.41) is -0.280. The average molecular weight is 279 g/mol. The van der Waals surface area contributed by atoms with E-state index >= 15 is 0 Å². The number of carbonyl (C=O) groups excluding carboxylic acids is 1. The molecular formula is C11H9ClF2O4. The Balaban J connectivity index is 2.41. The molecule has 0 saturated carbocycles. The van der Waals surface area contributed by atoms with Gasteiger partial charge in [-0.05, 0) is 13.0 Å². The van der Waals surface area contributed by atoms with Gasteiger partial charge in [-0.2, -0.15) is 8.78 Å². The number of esters is 1. The van der Waals surface area contributed by atoms with E-state index in [0.29, 0.717) is 0 Å². The highest BCUT2D eigenvalue weighted by atomic mass is 35.5. The number of hydrogen-bond acceptors (Lipinski definition) is 4. The first kappa shape index (κ1) is 12.9. The van der Waals surface area contributed by atoms with Gasteiger partial charge in [-0.3, -0.25) is 0 Å². The molecule has 0 saturated heterocycles. The lowest BCUT2D eigenvalue weighted by atomic mass is 10.1. The number of carbonyl (C=O) groups is 1. The van der Waals surface area contributed by atoms with Gasteiger partial charge < -0.3 is 14.2 Å². The van der Waals surface area contributed by atoms with Crippen LogP contribution in [0.5, 0.6) is 11.5 Å². The Morgan fingerprint density at radius 3 is 2.67 bits per heavy atom. The van der Waals surface area contributed by atoms with E-state index in [1.54, 1.807) is 0 Å². The lowest BCUT2D eigenvalue weighted by molar-refractivity contribution is -0.173. The first-order chi connectivity index (χ1) is 8.46. The number of benzene rings is 1. The zero-order valence-corrected chi connectivity index (χ0v) is 10.1. The second-order valence-electron chi connectivity index (χ2n) is 3.48. The highest BCUT2D eigenvalue weighted by Gasteiger charge is 2.45. The molecule has 0 radical (unpaired) electrons. The van der Waals surface area contributed by atoms with Gasteiger partial charge >= 0.3 is 11.9 Å². The summed E-state index contributed by atoms with van der Waals surface area (Å²) in [6.07, 6.45) is 0. The molecule has 0 spiro atoms. The first-order valence-electron chi connectivity index (χ1n) is 5.11. The van der Waals surface area contributed by atoms with Crippen molar-refractivity contribution in [3.05, 3.63) is 22.7 Å². The molecule has 0 unspecified atom stereocenters. The fourth-order valence-electron chi connectivity index (χ4n) is 1.49. The molecule has 1 aliphatic rings. The van der Waals surface area contributed by atoms with Crippen LogP contribution < -0.4 is 9.47 Å². The fourth-order valence-corrected chi connectivity index (χ4v) is 1.76. The Kier molecular flexibility index (Phi) is 3.30. The molecule has 1 aromatic carbocycles. The summed E-state index contributed by atoms with van der Waals surface area (Å²) in [6, 6.07) is 2.17. The molecule has 1 aliphatic heterocycles. The maximum Gasteiger partial charge on any atom is 0.382 e. The number of halogens is 3. The van der Waals surface area contributed by atoms with Gasteiger partial charge in [0.05, 0.1) is 17.2 Å². The van der Waals surface area contributed by atoms with Crippen LogP contribution in [0.3, 0.4) is 0 Å². The van der Waals surface area contributed by atoms with Gasteiger partial charge in [-0.15, -0.1) is 0 Å². The third kappa shape index (κ3) is 2.08. The Hall–Kier alpha value is -1.56. The smallest absolute Gasteiger partial charge is 0.382 e. The summed E-state index contributed by atoms with van der Waals surface area (Å²) in [5.74, 6) is -5.08. The molecule has 0 N–H and O–H groups in total. The van der Waals surface area contributed by atoms with E-state index in [1.165, 1.54) is 13.0 Å². The molecule has 1 aromatic rings. The van der Waals surface area contributed by atoms with E-state index in [1.807, 2.05) is 0 Å². The van der Waals surface area contributed by atoms with Crippen molar-refractivity contribution in [2.75, 3.05) is 13.4 Å². The van der Waals surface area contributed by atoms with E-state index < -0.39 is 17.5 Å². The third-order valence-corrected chi connectivity index (χ3v) is 2.65. The summed E-state index contributed by atoms with van der Waals surface area (Å²) in [5.41, 5.74) is -0.660. The van der Waals surface area contributed by atoms with Gasteiger partial charge in [0.25, 0.3) is 0 Å². The molecule has 0 aromatic heterocycles. The van der Waals surface area contributed by atoms with Crippen molar-refractivity contribution in [2.24, 2.45) is 0 Å². The maximum absolute atomic E-state index is 13.8. The predicted octanol–water partition coefficient (Wildman–Crippen LogP) is 2.72. The Labute approximate surface area is 106 Å². The van der Waals surface area contributed by atoms with Gasteiger partial charge in [0.1, 0.15) is 0 Å². The SMILES string of the molecule is CCOC(=O)C(F)(F)c1cc2c(cc1Cl)OCO2. The van der Waals surface area contributed by atoms with Gasteiger partial charge in [-0.25, -0.2) is 4.79 Å². The summed E-state index contributed by atoms with van der Waals surface area (Å²) in [4.78, 5) is 11.2. The van der Waals surface area contributed by atoms with Gasteiger partial charge in [0.2, 0.25) is 6.79 Å². The van der Waals surface area contributed by atoms with Crippen molar-refractivity contribution in [2.45, 2.75) is 12.8 Å². The molecule has 0 fully saturated rings. The van der Waals surface area contributed by atoms with Crippen molar-refractivity contribution in [3.63, 3.8) is 0 Å². The van der Waals surface area contributed by atoms with Crippen LogP contribution in [-0.4, -0.2) is 19.4 Å². The summed E-state index contributed by atoms with van der Waals surface area (Å²) in [7, 11) is 0. The number of hydrogen-bond donors (Lipinski definition) is 0. The highest BCUT2D eigenvalue weighted by molar-refractivity contribution is 6.32. The Morgan fingerprint density at radius 1 is 1.44 bits per heavy atom. The average Bonchev–Trinajstić information content (AvgIpc) is 2.75. The van der Waals surface area contributed by atoms with Gasteiger partial charge in [-0.1, -0.05) is 11.6 Å². The fraction of sp³-hybridized carbons (Fsp3) is 0.364. The number of ether oxygens (including phenoxy) is 3. The summed E-state index contributed by atoms with van der Waals surface area (Å²) in [6.45, 7) is 1.23. The zero-order chi connectivity index (χ0) is 13.3. The van der Waals surface area contributed by atoms with Crippen LogP contribution in [0.15, 0.2) is 12.1 Å². The van der Waals surface area contributed by atoms with Gasteiger partial charge in [0, 0.05) is 6.07 Å². The molecule has 1 heterocycles. The molecule has 0 aliphatic carbocycles. The van der Waals surface area contributed by atoms with E-state index in [9.17, 15) is 13.6 Å². The van der Waals surface area contributed by atoms with E-state index in [-0.39, 0.29) is 29.9 Å². The van der Waals surface area contributed by atoms with E-state index in [0.717, 1.165) is 6.07 Å². The lowest BCUT2D eigenvalue weighted by Crippen LogP contribution is -2.28. The Morgan fingerprint density at radius 2 is 2.06 bits per heavy atom. The number of fused-ring (bicyclic) bond motifs is 1. The van der Waals surface area contributed by atoms with Crippen LogP contribution in [0.25, 0.3) is 0 Å². The minimum absolute atomic E-state index is 0.0694. The van der Waals surface area contributed by atoms with Crippen molar-refractivity contribution < 1.29 is 27.8 Å². The van der Waals surface area contributed by atoms with Crippen LogP contribution in [0.2, 0.25) is 5.02 Å². The standard InChI is InChI=1S/C11H9ClF2O4/c1-2-16-10(15)11(13,14)6-3-8-9(4-7(6)12)18-5-17-8/h3-4H,2,5H2,1H3. The topological polar surface area (TPSA) is 44.8 Å². The second kappa shape index (κ2) is 4.61. The molecule has 98 valence electrons. The monoisotopic (exact) mass is 278 g/mol. The van der Waals surface area contributed by atoms with Crippen molar-refractivity contribution >= 4 is 17.6 Å². The van der Waals surface area contributed by atoms with Crippen LogP contribution in [0.1, 0.15) is 12.5 Å². The van der Waals surface area contributed by atoms with Crippen molar-refractivity contribution in [1.82, 2.24) is 0 Å². The summed E-state index contributed by atoms with van der Waals surface area (Å²) < 4.78 is 41.9. The van der Waals surface area contributed by atoms with Gasteiger partial charge in [0.15, 0.2) is 11.5 Å². The van der Waals surface area contributed by atoms with Crippen LogP contribution in [0, 0.1) is 0 Å². The van der Waals surface area contributed by atoms with E-state index in [4.69, 9.17) is 21.1 Å². The highest BCUT2D eigenvalue weighted by Crippen LogP contribution is 2.43. The summed E-state index contributed by atoms with van der Waals surface area (Å²) >= 11 is 5.71. The number of rotatable bonds is 3. The number of alkyl halides is 2. The quantitative estimate of drug-likeness (QED) is 0.798. The van der Waals surface area contributed by atoms with Crippen LogP contribution in [0.4, 0.5) is 8.78 Å². The predicted molar refractivity (Wildman–Crippen MR) is 58.1 cm³/mol. The van der Waals surface area contributed by atoms with Crippen molar-refractivity contribution in [3.8, 4) is 11.5 Å². The van der Waals surface area contributed by atoms with Crippen LogP contribution >= 0.6 is 11.6 Å². The maximum atomic E-state index is 13.8. The normalized spacial score (nSPS) is 13.6. The molecule has 4 nitrogen and oxygen atoms in total. The molecule has 0 atom stereocenters. The second-order valence-corrected chi connectivity index (χ2v) is 3.89. The van der Waals surface area contributed by atoms with Crippen LogP contribution in [-0.2, 0) is 15.5 Å². The zero-order valence-electron chi connectivity index (χ0n) is 9.34. The first-order valence-corrected chi connectivity index (χ1v) is 5.49. The third-order valence-electron chi connectivity index (χ3n) is 2.33. The molecule has 0 bridgehead atoms. The minimum atomic E-state index is -3.83. The molecule has 7 heteroatoms. The lowest BCUT2D eigenvalue weighted by Gasteiger charge is -2.16. The largest absolute Gasteiger partial charge is 0.461 e. The van der Waals surface area contributed by atoms with Crippen molar-refractivity contribution in [1.29, 1.82) is 0 Å². The molecular weight excluding hydrogens is 270 g/mol. The molecule has 18 heavy (non-hydrogen) atoms. The molecule has 2 rings (SSSR count). The minimum Gasteiger partial charge on any atom is -0.461 e. The Bertz CT molecular complexity index is 490. The van der Waals surface area contributed by atoms with E-state index in [2.05, 4.69) is 4.74 Å². The molecule has 0 amide bonds.